The summed E-state index contributed by atoms with van der Waals surface area (Å²) in [5.74, 6) is -0.761. The minimum Gasteiger partial charge on any atom is -0.466 e. The number of nitrogens with zero attached hydrogens (tertiary/aromatic N) is 2. The minimum atomic E-state index is -0.660. The van der Waals surface area contributed by atoms with Crippen molar-refractivity contribution in [3.05, 3.63) is 36.0 Å². The fourth-order valence-corrected chi connectivity index (χ4v) is 1.94. The first-order chi connectivity index (χ1) is 12.0. The molecule has 8 nitrogen and oxygen atoms in total. The number of benzene rings is 1. The predicted octanol–water partition coefficient (Wildman–Crippen LogP) is 2.87. The largest absolute Gasteiger partial charge is 0.466 e. The van der Waals surface area contributed by atoms with Crippen molar-refractivity contribution >= 4 is 23.5 Å². The lowest BCUT2D eigenvalue weighted by Crippen LogP contribution is -2.10. The lowest BCUT2D eigenvalue weighted by molar-refractivity contribution is -0.141. The average molecular weight is 345 g/mol. The molecule has 2 aromatic rings. The molecule has 0 unspecified atom stereocenters. The number of hydrogen-bond acceptors (Lipinski definition) is 8. The molecule has 8 heteroatoms. The lowest BCUT2D eigenvalue weighted by Gasteiger charge is -2.02. The number of carbonyl (C=O) groups excluding carboxylic acids is 2. The van der Waals surface area contributed by atoms with Crippen LogP contribution in [0.25, 0.3) is 11.5 Å². The summed E-state index contributed by atoms with van der Waals surface area (Å²) >= 11 is 0. The Hall–Kier alpha value is -3.16. The number of methoxy groups -OCH3 is 1. The molecule has 0 aliphatic carbocycles. The first-order valence-corrected chi connectivity index (χ1v) is 7.64. The van der Waals surface area contributed by atoms with Gasteiger partial charge in [0, 0.05) is 11.3 Å². The van der Waals surface area contributed by atoms with Gasteiger partial charge in [0.15, 0.2) is 0 Å². The van der Waals surface area contributed by atoms with E-state index in [0.717, 1.165) is 0 Å². The molecule has 1 heterocycles. The molecule has 1 aromatic carbocycles. The summed E-state index contributed by atoms with van der Waals surface area (Å²) in [6.45, 7) is 3.68. The number of rotatable bonds is 7. The maximum Gasteiger partial charge on any atom is 0.362 e. The summed E-state index contributed by atoms with van der Waals surface area (Å²) in [7, 11) is 1.25. The first kappa shape index (κ1) is 18.2. The smallest absolute Gasteiger partial charge is 0.362 e. The Morgan fingerprint density at radius 1 is 1.28 bits per heavy atom. The monoisotopic (exact) mass is 345 g/mol. The van der Waals surface area contributed by atoms with Crippen LogP contribution in [0.1, 0.15) is 30.8 Å². The number of hydrogen-bond donors (Lipinski definition) is 1. The molecule has 0 aliphatic heterocycles. The highest BCUT2D eigenvalue weighted by Gasteiger charge is 2.21. The molecular formula is C17H19N3O5. The Balaban J connectivity index is 2.22. The average Bonchev–Trinajstić information content (AvgIpc) is 3.04. The number of ether oxygens (including phenoxy) is 2. The van der Waals surface area contributed by atoms with Crippen LogP contribution in [-0.4, -0.2) is 36.4 Å². The zero-order valence-corrected chi connectivity index (χ0v) is 14.2. The molecule has 0 atom stereocenters. The first-order valence-electron chi connectivity index (χ1n) is 7.64. The molecule has 1 aromatic heterocycles. The van der Waals surface area contributed by atoms with E-state index in [-0.39, 0.29) is 29.9 Å². The molecule has 132 valence electrons. The molecule has 0 bridgehead atoms. The van der Waals surface area contributed by atoms with Gasteiger partial charge in [0.05, 0.1) is 20.1 Å². The highest BCUT2D eigenvalue weighted by Crippen LogP contribution is 2.26. The third-order valence-electron chi connectivity index (χ3n) is 3.08. The van der Waals surface area contributed by atoms with Crippen LogP contribution in [0.2, 0.25) is 0 Å². The lowest BCUT2D eigenvalue weighted by atomic mass is 10.2. The van der Waals surface area contributed by atoms with Gasteiger partial charge in [-0.15, -0.1) is 0 Å². The fraction of sp³-hybridized carbons (Fsp3) is 0.294. The molecule has 0 spiro atoms. The maximum absolute atomic E-state index is 11.9. The van der Waals surface area contributed by atoms with Crippen LogP contribution in [0.3, 0.4) is 0 Å². The minimum absolute atomic E-state index is 0.0219. The molecule has 0 radical (unpaired) electrons. The number of hydrazone groups is 1. The van der Waals surface area contributed by atoms with Gasteiger partial charge in [-0.1, -0.05) is 18.2 Å². The van der Waals surface area contributed by atoms with Crippen molar-refractivity contribution in [1.82, 2.24) is 4.98 Å². The molecule has 0 saturated heterocycles. The maximum atomic E-state index is 11.9. The summed E-state index contributed by atoms with van der Waals surface area (Å²) in [6.07, 6.45) is 0.0219. The standard InChI is InChI=1S/C17H19N3O5/c1-4-24-13(21)10-11(2)19-20-16-14(17(22)23-3)18-15(25-16)12-8-6-5-7-9-12/h5-9,20H,4,10H2,1-3H3/b19-11+. The van der Waals surface area contributed by atoms with Crippen molar-refractivity contribution in [3.63, 3.8) is 0 Å². The van der Waals surface area contributed by atoms with Gasteiger partial charge in [0.2, 0.25) is 17.5 Å². The molecule has 25 heavy (non-hydrogen) atoms. The number of nitrogens with one attached hydrogen (secondary N) is 1. The second kappa shape index (κ2) is 8.62. The number of aromatic nitrogens is 1. The molecule has 0 aliphatic rings. The van der Waals surface area contributed by atoms with Crippen LogP contribution in [0.5, 0.6) is 0 Å². The van der Waals surface area contributed by atoms with Gasteiger partial charge in [-0.3, -0.25) is 4.79 Å². The second-order valence-corrected chi connectivity index (χ2v) is 5.00. The van der Waals surface area contributed by atoms with Crippen molar-refractivity contribution in [2.45, 2.75) is 20.3 Å². The van der Waals surface area contributed by atoms with Crippen molar-refractivity contribution in [3.8, 4) is 11.5 Å². The third kappa shape index (κ3) is 4.90. The van der Waals surface area contributed by atoms with Crippen LogP contribution in [-0.2, 0) is 14.3 Å². The van der Waals surface area contributed by atoms with Gasteiger partial charge in [-0.2, -0.15) is 10.1 Å². The van der Waals surface area contributed by atoms with E-state index in [2.05, 4.69) is 15.5 Å². The Bertz CT molecular complexity index is 768. The van der Waals surface area contributed by atoms with Crippen molar-refractivity contribution in [2.75, 3.05) is 19.1 Å². The number of oxazole rings is 1. The molecular weight excluding hydrogens is 326 g/mol. The van der Waals surface area contributed by atoms with Crippen LogP contribution in [0.4, 0.5) is 5.88 Å². The predicted molar refractivity (Wildman–Crippen MR) is 91.3 cm³/mol. The van der Waals surface area contributed by atoms with Gasteiger partial charge >= 0.3 is 11.9 Å². The SMILES string of the molecule is CCOC(=O)C/C(C)=N/Nc1oc(-c2ccccc2)nc1C(=O)OC. The van der Waals surface area contributed by atoms with Gasteiger partial charge in [-0.05, 0) is 26.0 Å². The Labute approximate surface area is 144 Å². The van der Waals surface area contributed by atoms with Gasteiger partial charge in [0.1, 0.15) is 0 Å². The molecule has 1 N–H and O–H groups in total. The van der Waals surface area contributed by atoms with E-state index in [1.54, 1.807) is 26.0 Å². The van der Waals surface area contributed by atoms with Gasteiger partial charge < -0.3 is 13.9 Å². The molecule has 2 rings (SSSR count). The highest BCUT2D eigenvalue weighted by atomic mass is 16.5. The summed E-state index contributed by atoms with van der Waals surface area (Å²) in [5, 5.41) is 4.03. The van der Waals surface area contributed by atoms with E-state index >= 15 is 0 Å². The summed E-state index contributed by atoms with van der Waals surface area (Å²) < 4.78 is 15.1. The zero-order valence-electron chi connectivity index (χ0n) is 14.2. The van der Waals surface area contributed by atoms with Crippen LogP contribution < -0.4 is 5.43 Å². The number of anilines is 1. The van der Waals surface area contributed by atoms with Gasteiger partial charge in [-0.25, -0.2) is 10.2 Å². The van der Waals surface area contributed by atoms with Gasteiger partial charge in [0.25, 0.3) is 0 Å². The zero-order chi connectivity index (χ0) is 18.2. The van der Waals surface area contributed by atoms with E-state index in [0.29, 0.717) is 17.9 Å². The van der Waals surface area contributed by atoms with Crippen molar-refractivity contribution in [1.29, 1.82) is 0 Å². The summed E-state index contributed by atoms with van der Waals surface area (Å²) in [5.41, 5.74) is 3.75. The van der Waals surface area contributed by atoms with E-state index < -0.39 is 5.97 Å². The third-order valence-corrected chi connectivity index (χ3v) is 3.08. The fourth-order valence-electron chi connectivity index (χ4n) is 1.94. The summed E-state index contributed by atoms with van der Waals surface area (Å²) in [4.78, 5) is 27.5. The van der Waals surface area contributed by atoms with E-state index in [9.17, 15) is 9.59 Å². The number of esters is 2. The Morgan fingerprint density at radius 2 is 2.00 bits per heavy atom. The van der Waals surface area contributed by atoms with Crippen LogP contribution in [0, 0.1) is 0 Å². The highest BCUT2D eigenvalue weighted by molar-refractivity contribution is 5.98. The van der Waals surface area contributed by atoms with Crippen molar-refractivity contribution < 1.29 is 23.5 Å². The Kier molecular flexibility index (Phi) is 6.27. The number of carbonyl (C=O) groups is 2. The molecule has 0 amide bonds. The van der Waals surface area contributed by atoms with Crippen LogP contribution >= 0.6 is 0 Å². The molecule has 0 fully saturated rings. The molecule has 0 saturated carbocycles. The van der Waals surface area contributed by atoms with E-state index in [1.165, 1.54) is 7.11 Å². The second-order valence-electron chi connectivity index (χ2n) is 5.00. The van der Waals surface area contributed by atoms with E-state index in [1.807, 2.05) is 18.2 Å². The summed E-state index contributed by atoms with van der Waals surface area (Å²) in [6, 6.07) is 9.10. The topological polar surface area (TPSA) is 103 Å². The normalized spacial score (nSPS) is 11.1. The van der Waals surface area contributed by atoms with Crippen molar-refractivity contribution in [2.24, 2.45) is 5.10 Å². The van der Waals surface area contributed by atoms with E-state index in [4.69, 9.17) is 13.9 Å². The Morgan fingerprint density at radius 3 is 2.64 bits per heavy atom. The van der Waals surface area contributed by atoms with Crippen LogP contribution in [0.15, 0.2) is 39.9 Å². The quantitative estimate of drug-likeness (QED) is 0.467.